The maximum absolute atomic E-state index is 13.0. The zero-order valence-electron chi connectivity index (χ0n) is 11.7. The number of amides is 1. The zero-order chi connectivity index (χ0) is 15.0. The van der Waals surface area contributed by atoms with Crippen LogP contribution < -0.4 is 4.90 Å². The number of nitrogens with zero attached hydrogens (tertiary/aromatic N) is 1. The van der Waals surface area contributed by atoms with Crippen molar-refractivity contribution in [2.45, 2.75) is 19.4 Å². The van der Waals surface area contributed by atoms with Crippen LogP contribution in [0.5, 0.6) is 0 Å². The molecule has 0 aliphatic carbocycles. The molecule has 0 fully saturated rings. The number of para-hydroxylation sites is 1. The lowest BCUT2D eigenvalue weighted by molar-refractivity contribution is 0.0970. The smallest absolute Gasteiger partial charge is 0.258 e. The van der Waals surface area contributed by atoms with Gasteiger partial charge in [0.1, 0.15) is 5.82 Å². The third-order valence-corrected chi connectivity index (χ3v) is 3.86. The predicted octanol–water partition coefficient (Wildman–Crippen LogP) is 3.22. The van der Waals surface area contributed by atoms with E-state index in [1.807, 2.05) is 25.1 Å². The van der Waals surface area contributed by atoms with Crippen molar-refractivity contribution in [3.8, 4) is 0 Å². The molecule has 108 valence electrons. The van der Waals surface area contributed by atoms with Crippen molar-refractivity contribution in [1.29, 1.82) is 0 Å². The predicted molar refractivity (Wildman–Crippen MR) is 78.8 cm³/mol. The van der Waals surface area contributed by atoms with Crippen LogP contribution in [0.2, 0.25) is 0 Å². The Balaban J connectivity index is 2.03. The number of aliphatic hydroxyl groups is 1. The summed E-state index contributed by atoms with van der Waals surface area (Å²) in [5.41, 5.74) is 2.94. The lowest BCUT2D eigenvalue weighted by Crippen LogP contribution is -2.37. The van der Waals surface area contributed by atoms with Crippen LogP contribution in [0.3, 0.4) is 0 Å². The summed E-state index contributed by atoms with van der Waals surface area (Å²) in [6, 6.07) is 11.2. The zero-order valence-corrected chi connectivity index (χ0v) is 11.7. The first-order valence-electron chi connectivity index (χ1n) is 6.93. The molecule has 0 saturated carbocycles. The number of carbonyl (C=O) groups excluding carboxylic acids is 1. The Morgan fingerprint density at radius 2 is 1.95 bits per heavy atom. The molecular formula is C17H16FNO2. The monoisotopic (exact) mass is 285 g/mol. The summed E-state index contributed by atoms with van der Waals surface area (Å²) in [4.78, 5) is 14.3. The molecule has 1 atom stereocenters. The molecular weight excluding hydrogens is 269 g/mol. The Morgan fingerprint density at radius 3 is 2.67 bits per heavy atom. The van der Waals surface area contributed by atoms with Gasteiger partial charge in [-0.05, 0) is 43.2 Å². The summed E-state index contributed by atoms with van der Waals surface area (Å²) in [7, 11) is 0. The Bertz CT molecular complexity index is 682. The van der Waals surface area contributed by atoms with Crippen LogP contribution in [-0.4, -0.2) is 17.6 Å². The molecule has 1 amide bonds. The van der Waals surface area contributed by atoms with Gasteiger partial charge < -0.3 is 10.0 Å². The molecule has 1 heterocycles. The first kappa shape index (κ1) is 13.8. The van der Waals surface area contributed by atoms with Crippen LogP contribution >= 0.6 is 0 Å². The number of aliphatic hydroxyl groups excluding tert-OH is 1. The molecule has 1 N–H and O–H groups in total. The minimum Gasteiger partial charge on any atom is -0.388 e. The second kappa shape index (κ2) is 5.30. The number of hydrogen-bond acceptors (Lipinski definition) is 2. The van der Waals surface area contributed by atoms with Gasteiger partial charge in [0.25, 0.3) is 5.91 Å². The molecule has 0 radical (unpaired) electrons. The van der Waals surface area contributed by atoms with Gasteiger partial charge in [0, 0.05) is 17.7 Å². The highest BCUT2D eigenvalue weighted by Crippen LogP contribution is 2.36. The highest BCUT2D eigenvalue weighted by molar-refractivity contribution is 6.07. The molecule has 4 heteroatoms. The van der Waals surface area contributed by atoms with Gasteiger partial charge in [-0.1, -0.05) is 18.2 Å². The SMILES string of the molecule is Cc1cccc2c1N(C(=O)c1ccc(F)cc1)CCC2O. The highest BCUT2D eigenvalue weighted by atomic mass is 19.1. The number of carbonyl (C=O) groups is 1. The van der Waals surface area contributed by atoms with Gasteiger partial charge in [-0.25, -0.2) is 4.39 Å². The van der Waals surface area contributed by atoms with E-state index in [9.17, 15) is 14.3 Å². The minimum absolute atomic E-state index is 0.169. The molecule has 1 aliphatic heterocycles. The number of hydrogen-bond donors (Lipinski definition) is 1. The first-order valence-corrected chi connectivity index (χ1v) is 6.93. The van der Waals surface area contributed by atoms with Gasteiger partial charge in [-0.3, -0.25) is 4.79 Å². The van der Waals surface area contributed by atoms with E-state index >= 15 is 0 Å². The summed E-state index contributed by atoms with van der Waals surface area (Å²) in [6.07, 6.45) is -0.0409. The Hall–Kier alpha value is -2.20. The molecule has 2 aromatic carbocycles. The van der Waals surface area contributed by atoms with Crippen LogP contribution in [0.15, 0.2) is 42.5 Å². The maximum atomic E-state index is 13.0. The molecule has 0 spiro atoms. The molecule has 1 unspecified atom stereocenters. The molecule has 3 rings (SSSR count). The Labute approximate surface area is 122 Å². The molecule has 0 bridgehead atoms. The van der Waals surface area contributed by atoms with E-state index in [4.69, 9.17) is 0 Å². The summed E-state index contributed by atoms with van der Waals surface area (Å²) >= 11 is 0. The average Bonchev–Trinajstić information content (AvgIpc) is 2.49. The second-order valence-corrected chi connectivity index (χ2v) is 5.28. The van der Waals surface area contributed by atoms with Gasteiger partial charge in [-0.2, -0.15) is 0 Å². The molecule has 21 heavy (non-hydrogen) atoms. The third-order valence-electron chi connectivity index (χ3n) is 3.86. The van der Waals surface area contributed by atoms with Crippen LogP contribution in [0.1, 0.15) is 34.0 Å². The second-order valence-electron chi connectivity index (χ2n) is 5.28. The molecule has 1 aliphatic rings. The van der Waals surface area contributed by atoms with Crippen molar-refractivity contribution in [2.75, 3.05) is 11.4 Å². The molecule has 0 saturated heterocycles. The van der Waals surface area contributed by atoms with E-state index < -0.39 is 6.10 Å². The standard InChI is InChI=1S/C17H16FNO2/c1-11-3-2-4-14-15(20)9-10-19(16(11)14)17(21)12-5-7-13(18)8-6-12/h2-8,15,20H,9-10H2,1H3. The van der Waals surface area contributed by atoms with Crippen molar-refractivity contribution in [3.05, 3.63) is 65.0 Å². The fourth-order valence-corrected chi connectivity index (χ4v) is 2.79. The van der Waals surface area contributed by atoms with Gasteiger partial charge in [0.2, 0.25) is 0 Å². The molecule has 0 aromatic heterocycles. The normalized spacial score (nSPS) is 17.5. The summed E-state index contributed by atoms with van der Waals surface area (Å²) in [5, 5.41) is 10.1. The van der Waals surface area contributed by atoms with Crippen molar-refractivity contribution in [1.82, 2.24) is 0 Å². The first-order chi connectivity index (χ1) is 10.1. The van der Waals surface area contributed by atoms with Gasteiger partial charge >= 0.3 is 0 Å². The quantitative estimate of drug-likeness (QED) is 0.874. The molecule has 3 nitrogen and oxygen atoms in total. The fourth-order valence-electron chi connectivity index (χ4n) is 2.79. The lowest BCUT2D eigenvalue weighted by Gasteiger charge is -2.33. The van der Waals surface area contributed by atoms with Gasteiger partial charge in [0.15, 0.2) is 0 Å². The van der Waals surface area contributed by atoms with Crippen molar-refractivity contribution in [3.63, 3.8) is 0 Å². The summed E-state index contributed by atoms with van der Waals surface area (Å²) < 4.78 is 13.0. The fraction of sp³-hybridized carbons (Fsp3) is 0.235. The van der Waals surface area contributed by atoms with E-state index in [0.717, 1.165) is 16.8 Å². The van der Waals surface area contributed by atoms with E-state index in [-0.39, 0.29) is 11.7 Å². The topological polar surface area (TPSA) is 40.5 Å². The Kier molecular flexibility index (Phi) is 3.47. The van der Waals surface area contributed by atoms with Crippen molar-refractivity contribution < 1.29 is 14.3 Å². The largest absolute Gasteiger partial charge is 0.388 e. The van der Waals surface area contributed by atoms with Crippen molar-refractivity contribution >= 4 is 11.6 Å². The molecule has 2 aromatic rings. The van der Waals surface area contributed by atoms with Crippen LogP contribution in [-0.2, 0) is 0 Å². The summed E-state index contributed by atoms with van der Waals surface area (Å²) in [5.74, 6) is -0.533. The van der Waals surface area contributed by atoms with Crippen LogP contribution in [0, 0.1) is 12.7 Å². The number of rotatable bonds is 1. The maximum Gasteiger partial charge on any atom is 0.258 e. The van der Waals surface area contributed by atoms with Gasteiger partial charge in [0.05, 0.1) is 11.8 Å². The van der Waals surface area contributed by atoms with Gasteiger partial charge in [-0.15, -0.1) is 0 Å². The minimum atomic E-state index is -0.544. The van der Waals surface area contributed by atoms with Crippen LogP contribution in [0.4, 0.5) is 10.1 Å². The van der Waals surface area contributed by atoms with E-state index in [2.05, 4.69) is 0 Å². The number of fused-ring (bicyclic) bond motifs is 1. The highest BCUT2D eigenvalue weighted by Gasteiger charge is 2.29. The Morgan fingerprint density at radius 1 is 1.24 bits per heavy atom. The van der Waals surface area contributed by atoms with Crippen molar-refractivity contribution in [2.24, 2.45) is 0 Å². The van der Waals surface area contributed by atoms with E-state index in [0.29, 0.717) is 18.5 Å². The number of benzene rings is 2. The van der Waals surface area contributed by atoms with E-state index in [1.54, 1.807) is 4.90 Å². The third kappa shape index (κ3) is 2.43. The van der Waals surface area contributed by atoms with E-state index in [1.165, 1.54) is 24.3 Å². The van der Waals surface area contributed by atoms with Crippen LogP contribution in [0.25, 0.3) is 0 Å². The average molecular weight is 285 g/mol. The number of anilines is 1. The number of halogens is 1. The summed E-state index contributed by atoms with van der Waals surface area (Å²) in [6.45, 7) is 2.37. The number of aryl methyl sites for hydroxylation is 1. The lowest BCUT2D eigenvalue weighted by atomic mass is 9.95.